The Kier molecular flexibility index (Phi) is 3.34. The second kappa shape index (κ2) is 4.92. The second-order valence-corrected chi connectivity index (χ2v) is 3.32. The highest BCUT2D eigenvalue weighted by Gasteiger charge is 2.16. The van der Waals surface area contributed by atoms with Gasteiger partial charge in [-0.05, 0) is 19.1 Å². The Hall–Kier alpha value is -1.95. The van der Waals surface area contributed by atoms with Crippen LogP contribution in [0.1, 0.15) is 12.7 Å². The SMILES string of the molecule is CCOc1nnc(CN)n1-c1ccccc1F. The fraction of sp³-hybridized carbons (Fsp3) is 0.273. The Morgan fingerprint density at radius 2 is 2.12 bits per heavy atom. The molecule has 0 fully saturated rings. The van der Waals surface area contributed by atoms with Crippen molar-refractivity contribution in [1.82, 2.24) is 14.8 Å². The van der Waals surface area contributed by atoms with Crippen LogP contribution in [0.25, 0.3) is 5.69 Å². The Morgan fingerprint density at radius 1 is 1.35 bits per heavy atom. The summed E-state index contributed by atoms with van der Waals surface area (Å²) in [6.07, 6.45) is 0. The van der Waals surface area contributed by atoms with E-state index in [-0.39, 0.29) is 18.4 Å². The molecule has 0 aliphatic heterocycles. The summed E-state index contributed by atoms with van der Waals surface area (Å²) >= 11 is 0. The molecule has 0 bridgehead atoms. The van der Waals surface area contributed by atoms with Gasteiger partial charge < -0.3 is 10.5 Å². The van der Waals surface area contributed by atoms with Gasteiger partial charge in [0.15, 0.2) is 5.82 Å². The van der Waals surface area contributed by atoms with E-state index in [0.717, 1.165) is 0 Å². The predicted molar refractivity (Wildman–Crippen MR) is 60.4 cm³/mol. The molecule has 2 aromatic rings. The van der Waals surface area contributed by atoms with Crippen LogP contribution in [0.4, 0.5) is 4.39 Å². The number of hydrogen-bond donors (Lipinski definition) is 1. The lowest BCUT2D eigenvalue weighted by Crippen LogP contribution is -2.10. The Labute approximate surface area is 98.0 Å². The largest absolute Gasteiger partial charge is 0.464 e. The smallest absolute Gasteiger partial charge is 0.321 e. The van der Waals surface area contributed by atoms with Crippen LogP contribution in [0, 0.1) is 5.82 Å². The zero-order valence-electron chi connectivity index (χ0n) is 9.43. The molecule has 1 heterocycles. The van der Waals surface area contributed by atoms with E-state index in [2.05, 4.69) is 10.2 Å². The van der Waals surface area contributed by atoms with E-state index in [1.165, 1.54) is 10.6 Å². The fourth-order valence-electron chi connectivity index (χ4n) is 1.53. The molecule has 0 aliphatic rings. The van der Waals surface area contributed by atoms with Gasteiger partial charge in [0.05, 0.1) is 18.8 Å². The van der Waals surface area contributed by atoms with E-state index in [9.17, 15) is 4.39 Å². The summed E-state index contributed by atoms with van der Waals surface area (Å²) in [5.74, 6) is 0.0847. The summed E-state index contributed by atoms with van der Waals surface area (Å²) in [6.45, 7) is 2.41. The maximum absolute atomic E-state index is 13.7. The molecule has 0 aliphatic carbocycles. The Morgan fingerprint density at radius 3 is 2.76 bits per heavy atom. The average molecular weight is 236 g/mol. The minimum Gasteiger partial charge on any atom is -0.464 e. The molecule has 0 saturated heterocycles. The lowest BCUT2D eigenvalue weighted by molar-refractivity contribution is 0.305. The molecular formula is C11H13FN4O. The van der Waals surface area contributed by atoms with Crippen molar-refractivity contribution in [1.29, 1.82) is 0 Å². The van der Waals surface area contributed by atoms with Crippen molar-refractivity contribution in [2.24, 2.45) is 5.73 Å². The minimum atomic E-state index is -0.372. The Bertz CT molecular complexity index is 512. The van der Waals surface area contributed by atoms with E-state index in [1.54, 1.807) is 18.2 Å². The molecule has 2 rings (SSSR count). The van der Waals surface area contributed by atoms with Gasteiger partial charge in [0.2, 0.25) is 0 Å². The van der Waals surface area contributed by atoms with Crippen molar-refractivity contribution in [3.63, 3.8) is 0 Å². The zero-order chi connectivity index (χ0) is 12.3. The molecule has 1 aromatic heterocycles. The molecule has 0 amide bonds. The van der Waals surface area contributed by atoms with E-state index in [0.29, 0.717) is 18.1 Å². The lowest BCUT2D eigenvalue weighted by Gasteiger charge is -2.09. The standard InChI is InChI=1S/C11H13FN4O/c1-2-17-11-15-14-10(7-13)16(11)9-6-4-3-5-8(9)12/h3-6H,2,7,13H2,1H3. The van der Waals surface area contributed by atoms with Crippen LogP contribution in [0.15, 0.2) is 24.3 Å². The molecule has 1 aromatic carbocycles. The maximum Gasteiger partial charge on any atom is 0.321 e. The van der Waals surface area contributed by atoms with Gasteiger partial charge in [0.1, 0.15) is 5.82 Å². The number of para-hydroxylation sites is 1. The number of hydrogen-bond acceptors (Lipinski definition) is 4. The number of aromatic nitrogens is 3. The van der Waals surface area contributed by atoms with Crippen molar-refractivity contribution in [2.45, 2.75) is 13.5 Å². The van der Waals surface area contributed by atoms with E-state index < -0.39 is 0 Å². The van der Waals surface area contributed by atoms with Crippen LogP contribution in [0.2, 0.25) is 0 Å². The van der Waals surface area contributed by atoms with Crippen LogP contribution >= 0.6 is 0 Å². The minimum absolute atomic E-state index is 0.161. The summed E-state index contributed by atoms with van der Waals surface area (Å²) < 4.78 is 20.5. The molecule has 0 radical (unpaired) electrons. The second-order valence-electron chi connectivity index (χ2n) is 3.32. The van der Waals surface area contributed by atoms with Crippen molar-refractivity contribution >= 4 is 0 Å². The van der Waals surface area contributed by atoms with Crippen molar-refractivity contribution < 1.29 is 9.13 Å². The highest BCUT2D eigenvalue weighted by Crippen LogP contribution is 2.20. The summed E-state index contributed by atoms with van der Waals surface area (Å²) in [5, 5.41) is 7.71. The number of rotatable bonds is 4. The molecule has 17 heavy (non-hydrogen) atoms. The van der Waals surface area contributed by atoms with Gasteiger partial charge in [0.25, 0.3) is 0 Å². The highest BCUT2D eigenvalue weighted by atomic mass is 19.1. The van der Waals surface area contributed by atoms with Crippen LogP contribution in [0.5, 0.6) is 6.01 Å². The van der Waals surface area contributed by atoms with Crippen LogP contribution in [-0.4, -0.2) is 21.4 Å². The molecule has 0 atom stereocenters. The van der Waals surface area contributed by atoms with Gasteiger partial charge in [-0.25, -0.2) is 8.96 Å². The number of nitrogens with zero attached hydrogens (tertiary/aromatic N) is 3. The molecule has 5 nitrogen and oxygen atoms in total. The first-order chi connectivity index (χ1) is 8.27. The number of benzene rings is 1. The van der Waals surface area contributed by atoms with Gasteiger partial charge in [-0.3, -0.25) is 0 Å². The first-order valence-corrected chi connectivity index (χ1v) is 5.30. The molecule has 2 N–H and O–H groups in total. The predicted octanol–water partition coefficient (Wildman–Crippen LogP) is 1.26. The van der Waals surface area contributed by atoms with Crippen molar-refractivity contribution in [3.8, 4) is 11.7 Å². The number of halogens is 1. The first-order valence-electron chi connectivity index (χ1n) is 5.30. The molecule has 0 saturated carbocycles. The quantitative estimate of drug-likeness (QED) is 0.868. The van der Waals surface area contributed by atoms with Crippen LogP contribution in [-0.2, 0) is 6.54 Å². The molecule has 0 unspecified atom stereocenters. The fourth-order valence-corrected chi connectivity index (χ4v) is 1.53. The number of ether oxygens (including phenoxy) is 1. The summed E-state index contributed by atoms with van der Waals surface area (Å²) in [6, 6.07) is 6.59. The summed E-state index contributed by atoms with van der Waals surface area (Å²) in [4.78, 5) is 0. The van der Waals surface area contributed by atoms with Gasteiger partial charge >= 0.3 is 6.01 Å². The molecule has 0 spiro atoms. The van der Waals surface area contributed by atoms with Gasteiger partial charge in [0, 0.05) is 0 Å². The lowest BCUT2D eigenvalue weighted by atomic mass is 10.3. The van der Waals surface area contributed by atoms with Gasteiger partial charge in [-0.15, -0.1) is 5.10 Å². The average Bonchev–Trinajstić information content (AvgIpc) is 2.73. The highest BCUT2D eigenvalue weighted by molar-refractivity contribution is 5.37. The van der Waals surface area contributed by atoms with Crippen LogP contribution < -0.4 is 10.5 Å². The Balaban J connectivity index is 2.56. The summed E-state index contributed by atoms with van der Waals surface area (Å²) in [7, 11) is 0. The van der Waals surface area contributed by atoms with E-state index in [1.807, 2.05) is 6.92 Å². The van der Waals surface area contributed by atoms with E-state index >= 15 is 0 Å². The van der Waals surface area contributed by atoms with Crippen molar-refractivity contribution in [3.05, 3.63) is 35.9 Å². The van der Waals surface area contributed by atoms with Gasteiger partial charge in [-0.1, -0.05) is 17.2 Å². The monoisotopic (exact) mass is 236 g/mol. The number of nitrogens with two attached hydrogens (primary N) is 1. The zero-order valence-corrected chi connectivity index (χ0v) is 9.43. The third kappa shape index (κ3) is 2.12. The first kappa shape index (κ1) is 11.5. The third-order valence-electron chi connectivity index (χ3n) is 2.25. The van der Waals surface area contributed by atoms with Crippen molar-refractivity contribution in [2.75, 3.05) is 6.61 Å². The third-order valence-corrected chi connectivity index (χ3v) is 2.25. The van der Waals surface area contributed by atoms with Crippen LogP contribution in [0.3, 0.4) is 0 Å². The topological polar surface area (TPSA) is 66.0 Å². The molecule has 90 valence electrons. The molecular weight excluding hydrogens is 223 g/mol. The summed E-state index contributed by atoms with van der Waals surface area (Å²) in [5.41, 5.74) is 5.88. The van der Waals surface area contributed by atoms with E-state index in [4.69, 9.17) is 10.5 Å². The van der Waals surface area contributed by atoms with Gasteiger partial charge in [-0.2, -0.15) is 0 Å². The molecule has 6 heteroatoms. The normalized spacial score (nSPS) is 10.5. The maximum atomic E-state index is 13.7.